The summed E-state index contributed by atoms with van der Waals surface area (Å²) in [5, 5.41) is 20.5. The third-order valence-electron chi connectivity index (χ3n) is 3.76. The Morgan fingerprint density at radius 1 is 1.37 bits per heavy atom. The number of carbonyl (C=O) groups excluding carboxylic acids is 1. The van der Waals surface area contributed by atoms with Crippen LogP contribution in [0, 0.1) is 0 Å². The summed E-state index contributed by atoms with van der Waals surface area (Å²) < 4.78 is 32.2. The van der Waals surface area contributed by atoms with E-state index in [2.05, 4.69) is 24.1 Å². The van der Waals surface area contributed by atoms with E-state index in [1.54, 1.807) is 0 Å². The van der Waals surface area contributed by atoms with E-state index < -0.39 is 44.9 Å². The maximum atomic E-state index is 12.0. The van der Waals surface area contributed by atoms with Crippen molar-refractivity contribution in [3.8, 4) is 0 Å². The van der Waals surface area contributed by atoms with Gasteiger partial charge in [0.15, 0.2) is 17.7 Å². The van der Waals surface area contributed by atoms with Crippen molar-refractivity contribution < 1.29 is 38.0 Å². The Balaban J connectivity index is 1.76. The Bertz CT molecular complexity index is 892. The smallest absolute Gasteiger partial charge is 0.387 e. The van der Waals surface area contributed by atoms with Crippen LogP contribution in [0.25, 0.3) is 11.2 Å². The molecular formula is C12H17N6O8P. The Labute approximate surface area is 151 Å². The number of nitrogens with zero attached hydrogens (tertiary/aromatic N) is 4. The van der Waals surface area contributed by atoms with E-state index in [1.807, 2.05) is 0 Å². The summed E-state index contributed by atoms with van der Waals surface area (Å²) in [7, 11) is -4.38. The molecule has 0 bridgehead atoms. The lowest BCUT2D eigenvalue weighted by atomic mass is 10.1. The molecule has 14 nitrogen and oxygen atoms in total. The lowest BCUT2D eigenvalue weighted by molar-refractivity contribution is -0.134. The predicted octanol–water partition coefficient (Wildman–Crippen LogP) is -1.39. The first-order valence-electron chi connectivity index (χ1n) is 7.53. The summed E-state index contributed by atoms with van der Waals surface area (Å²) in [5.41, 5.74) is 6.27. The molecule has 1 saturated heterocycles. The molecular weight excluding hydrogens is 387 g/mol. The van der Waals surface area contributed by atoms with Gasteiger partial charge in [0.05, 0.1) is 12.9 Å². The molecule has 0 radical (unpaired) electrons. The third kappa shape index (κ3) is 3.77. The predicted molar refractivity (Wildman–Crippen MR) is 86.3 cm³/mol. The average molecular weight is 404 g/mol. The largest absolute Gasteiger partial charge is 0.549 e. The molecule has 5 atom stereocenters. The lowest BCUT2D eigenvalue weighted by Crippen LogP contribution is -2.33. The quantitative estimate of drug-likeness (QED) is 0.323. The Kier molecular flexibility index (Phi) is 5.39. The number of hydrogen-bond donors (Lipinski definition) is 4. The summed E-state index contributed by atoms with van der Waals surface area (Å²) in [6.45, 7) is 0.424. The highest BCUT2D eigenvalue weighted by Gasteiger charge is 2.46. The number of nitrogens with two attached hydrogens (primary N) is 2. The van der Waals surface area contributed by atoms with Crippen LogP contribution in [-0.2, 0) is 27.8 Å². The van der Waals surface area contributed by atoms with Crippen LogP contribution in [-0.4, -0.2) is 60.6 Å². The zero-order chi connectivity index (χ0) is 19.8. The highest BCUT2D eigenvalue weighted by molar-refractivity contribution is 7.49. The minimum Gasteiger partial charge on any atom is -0.387 e. The fourth-order valence-corrected chi connectivity index (χ4v) is 3.35. The lowest BCUT2D eigenvalue weighted by Gasteiger charge is -2.18. The highest BCUT2D eigenvalue weighted by Crippen LogP contribution is 2.48. The van der Waals surface area contributed by atoms with Gasteiger partial charge in [-0.1, -0.05) is 0 Å². The molecule has 3 rings (SSSR count). The zero-order valence-corrected chi connectivity index (χ0v) is 14.8. The fraction of sp³-hybridized carbons (Fsp3) is 0.500. The number of hydrogen-bond acceptors (Lipinski definition) is 13. The number of fused-ring (bicyclic) bond motifs is 1. The van der Waals surface area contributed by atoms with E-state index in [1.165, 1.54) is 17.2 Å². The van der Waals surface area contributed by atoms with Gasteiger partial charge < -0.3 is 25.2 Å². The van der Waals surface area contributed by atoms with Crippen LogP contribution in [0.5, 0.6) is 0 Å². The maximum Gasteiger partial charge on any atom is 0.549 e. The Morgan fingerprint density at radius 2 is 2.11 bits per heavy atom. The van der Waals surface area contributed by atoms with Gasteiger partial charge in [-0.25, -0.2) is 25.4 Å². The third-order valence-corrected chi connectivity index (χ3v) is 4.97. The van der Waals surface area contributed by atoms with E-state index in [-0.39, 0.29) is 11.5 Å². The number of aromatic nitrogens is 4. The Morgan fingerprint density at radius 3 is 2.78 bits per heavy atom. The van der Waals surface area contributed by atoms with E-state index in [4.69, 9.17) is 20.9 Å². The molecule has 148 valence electrons. The SMILES string of the molecule is CC(=O)OP(=O)(ON)OC[C@H]1O[C@@H](n2cnc3c(N)ncnc32)C(O)C1O. The van der Waals surface area contributed by atoms with E-state index in [9.17, 15) is 19.6 Å². The summed E-state index contributed by atoms with van der Waals surface area (Å²) in [4.78, 5) is 22.8. The van der Waals surface area contributed by atoms with Crippen LogP contribution in [0.15, 0.2) is 12.7 Å². The van der Waals surface area contributed by atoms with Crippen molar-refractivity contribution in [3.63, 3.8) is 0 Å². The molecule has 1 fully saturated rings. The average Bonchev–Trinajstić information content (AvgIpc) is 3.16. The number of carbonyl (C=O) groups is 1. The van der Waals surface area contributed by atoms with E-state index >= 15 is 0 Å². The van der Waals surface area contributed by atoms with Crippen molar-refractivity contribution in [3.05, 3.63) is 12.7 Å². The first-order chi connectivity index (χ1) is 12.8. The molecule has 0 aliphatic carbocycles. The zero-order valence-electron chi connectivity index (χ0n) is 13.9. The van der Waals surface area contributed by atoms with Crippen LogP contribution in [0.3, 0.4) is 0 Å². The fourth-order valence-electron chi connectivity index (χ4n) is 2.55. The van der Waals surface area contributed by atoms with Crippen LogP contribution in [0.4, 0.5) is 5.82 Å². The van der Waals surface area contributed by atoms with Crippen LogP contribution < -0.4 is 11.6 Å². The molecule has 15 heteroatoms. The number of nitrogen functional groups attached to an aromatic ring is 1. The van der Waals surface area contributed by atoms with Gasteiger partial charge in [0.2, 0.25) is 0 Å². The number of imidazole rings is 1. The molecule has 2 aromatic rings. The van der Waals surface area contributed by atoms with Gasteiger partial charge in [0.25, 0.3) is 0 Å². The summed E-state index contributed by atoms with van der Waals surface area (Å²) in [6.07, 6.45) is -2.57. The van der Waals surface area contributed by atoms with Crippen LogP contribution in [0.1, 0.15) is 13.2 Å². The molecule has 0 aromatic carbocycles. The van der Waals surface area contributed by atoms with E-state index in [0.29, 0.717) is 5.52 Å². The van der Waals surface area contributed by atoms with Crippen molar-refractivity contribution in [2.24, 2.45) is 5.90 Å². The first kappa shape index (κ1) is 19.6. The normalized spacial score (nSPS) is 27.6. The van der Waals surface area contributed by atoms with Crippen molar-refractivity contribution in [2.75, 3.05) is 12.3 Å². The second-order valence-corrected chi connectivity index (χ2v) is 7.11. The second kappa shape index (κ2) is 7.44. The summed E-state index contributed by atoms with van der Waals surface area (Å²) >= 11 is 0. The van der Waals surface area contributed by atoms with Crippen molar-refractivity contribution in [1.82, 2.24) is 19.5 Å². The van der Waals surface area contributed by atoms with Crippen molar-refractivity contribution in [1.29, 1.82) is 0 Å². The molecule has 0 amide bonds. The van der Waals surface area contributed by atoms with Crippen LogP contribution in [0.2, 0.25) is 0 Å². The minimum atomic E-state index is -4.38. The number of aliphatic hydroxyl groups is 2. The molecule has 3 unspecified atom stereocenters. The number of aliphatic hydroxyl groups excluding tert-OH is 2. The molecule has 0 spiro atoms. The standard InChI is InChI=1S/C12H17N6O8P/c1-5(19)25-27(22,26-14)23-2-6-8(20)9(21)12(24-6)18-4-17-7-10(13)15-3-16-11(7)18/h3-4,6,8-9,12,20-21H,2,14H2,1H3,(H2,13,15,16)/t6-,8?,9?,12-,27?/m1/s1. The number of phosphoric ester groups is 1. The Hall–Kier alpha value is -2.19. The summed E-state index contributed by atoms with van der Waals surface area (Å²) in [6, 6.07) is 0. The summed E-state index contributed by atoms with van der Waals surface area (Å²) in [5.74, 6) is 4.01. The van der Waals surface area contributed by atoms with Gasteiger partial charge in [-0.2, -0.15) is 4.62 Å². The molecule has 1 aliphatic heterocycles. The van der Waals surface area contributed by atoms with Gasteiger partial charge in [-0.3, -0.25) is 13.9 Å². The molecule has 2 aromatic heterocycles. The molecule has 27 heavy (non-hydrogen) atoms. The van der Waals surface area contributed by atoms with Gasteiger partial charge in [-0.05, 0) is 0 Å². The number of ether oxygens (including phenoxy) is 1. The van der Waals surface area contributed by atoms with Gasteiger partial charge in [-0.15, -0.1) is 0 Å². The minimum absolute atomic E-state index is 0.133. The highest BCUT2D eigenvalue weighted by atomic mass is 31.2. The van der Waals surface area contributed by atoms with Crippen molar-refractivity contribution >= 4 is 30.8 Å². The molecule has 6 N–H and O–H groups in total. The molecule has 3 heterocycles. The van der Waals surface area contributed by atoms with Gasteiger partial charge in [0, 0.05) is 6.92 Å². The maximum absolute atomic E-state index is 12.0. The first-order valence-corrected chi connectivity index (χ1v) is 8.99. The van der Waals surface area contributed by atoms with Gasteiger partial charge in [0.1, 0.15) is 30.2 Å². The molecule has 1 aliphatic rings. The second-order valence-electron chi connectivity index (χ2n) is 5.56. The van der Waals surface area contributed by atoms with E-state index in [0.717, 1.165) is 6.92 Å². The molecule has 0 saturated carbocycles. The van der Waals surface area contributed by atoms with Crippen LogP contribution >= 0.6 is 7.82 Å². The number of rotatable bonds is 6. The van der Waals surface area contributed by atoms with Gasteiger partial charge >= 0.3 is 13.8 Å². The topological polar surface area (TPSA) is 207 Å². The number of anilines is 1. The monoisotopic (exact) mass is 404 g/mol. The van der Waals surface area contributed by atoms with Crippen molar-refractivity contribution in [2.45, 2.75) is 31.5 Å². The number of phosphoric acid groups is 1.